The number of nitrogens with zero attached hydrogens (tertiary/aromatic N) is 3. The maximum atomic E-state index is 12.7. The van der Waals surface area contributed by atoms with Gasteiger partial charge in [0.1, 0.15) is 0 Å². The first kappa shape index (κ1) is 19.4. The average molecular weight is 367 g/mol. The van der Waals surface area contributed by atoms with Gasteiger partial charge >= 0.3 is 6.09 Å². The molecule has 0 bridgehead atoms. The van der Waals surface area contributed by atoms with Gasteiger partial charge in [-0.05, 0) is 62.9 Å². The van der Waals surface area contributed by atoms with E-state index in [1.165, 1.54) is 16.7 Å². The topological polar surface area (TPSA) is 45.7 Å². The Hall–Kier alpha value is -2.40. The summed E-state index contributed by atoms with van der Waals surface area (Å²) in [7, 11) is 0. The molecule has 0 unspecified atom stereocenters. The lowest BCUT2D eigenvalue weighted by atomic mass is 10.0. The van der Waals surface area contributed by atoms with Crippen molar-refractivity contribution in [2.75, 3.05) is 19.6 Å². The summed E-state index contributed by atoms with van der Waals surface area (Å²) >= 11 is 0. The monoisotopic (exact) mass is 367 g/mol. The van der Waals surface area contributed by atoms with Crippen LogP contribution in [0.5, 0.6) is 5.75 Å². The van der Waals surface area contributed by atoms with Crippen molar-refractivity contribution in [1.82, 2.24) is 14.8 Å². The molecule has 1 aromatic heterocycles. The third-order valence-corrected chi connectivity index (χ3v) is 5.43. The molecule has 0 aliphatic carbocycles. The molecule has 1 aliphatic rings. The largest absolute Gasteiger partial charge is 0.415 e. The molecule has 2 heterocycles. The van der Waals surface area contributed by atoms with Crippen molar-refractivity contribution in [3.63, 3.8) is 0 Å². The third kappa shape index (κ3) is 4.48. The number of ether oxygens (including phenoxy) is 1. The second kappa shape index (κ2) is 8.09. The Kier molecular flexibility index (Phi) is 5.80. The fraction of sp³-hybridized carbons (Fsp3) is 0.455. The zero-order chi connectivity index (χ0) is 19.6. The van der Waals surface area contributed by atoms with Gasteiger partial charge in [-0.1, -0.05) is 18.2 Å². The Morgan fingerprint density at radius 3 is 2.74 bits per heavy atom. The van der Waals surface area contributed by atoms with E-state index in [0.717, 1.165) is 30.9 Å². The van der Waals surface area contributed by atoms with Crippen LogP contribution in [0.1, 0.15) is 34.9 Å². The van der Waals surface area contributed by atoms with Gasteiger partial charge < -0.3 is 9.64 Å². The van der Waals surface area contributed by atoms with Crippen LogP contribution in [0.25, 0.3) is 0 Å². The number of carbonyl (C=O) groups is 1. The second-order valence-corrected chi connectivity index (χ2v) is 7.60. The van der Waals surface area contributed by atoms with E-state index in [1.54, 1.807) is 6.20 Å². The Bertz CT molecular complexity index is 834. The molecule has 0 radical (unpaired) electrons. The van der Waals surface area contributed by atoms with Crippen molar-refractivity contribution in [1.29, 1.82) is 0 Å². The molecule has 144 valence electrons. The minimum atomic E-state index is -0.288. The number of amides is 1. The molecule has 5 heteroatoms. The highest BCUT2D eigenvalue weighted by Gasteiger charge is 2.29. The third-order valence-electron chi connectivity index (χ3n) is 5.43. The normalized spacial score (nSPS) is 17.8. The fourth-order valence-electron chi connectivity index (χ4n) is 3.54. The van der Waals surface area contributed by atoms with Gasteiger partial charge in [0.05, 0.1) is 5.69 Å². The van der Waals surface area contributed by atoms with E-state index in [-0.39, 0.29) is 12.1 Å². The molecule has 2 aromatic rings. The average Bonchev–Trinajstić information content (AvgIpc) is 2.62. The van der Waals surface area contributed by atoms with Crippen LogP contribution >= 0.6 is 0 Å². The maximum absolute atomic E-state index is 12.7. The van der Waals surface area contributed by atoms with Gasteiger partial charge in [-0.2, -0.15) is 0 Å². The van der Waals surface area contributed by atoms with E-state index in [4.69, 9.17) is 4.74 Å². The Morgan fingerprint density at radius 1 is 1.22 bits per heavy atom. The summed E-state index contributed by atoms with van der Waals surface area (Å²) in [4.78, 5) is 21.2. The SMILES string of the molecule is Cc1cnc(C)c(OC(=O)N2CCN(Cc3cccc(C)c3C)C[C@H]2C)c1. The molecule has 1 aromatic carbocycles. The highest BCUT2D eigenvalue weighted by molar-refractivity contribution is 5.71. The standard InChI is InChI=1S/C22H29N3O2/c1-15-11-21(19(5)23-12-15)27-22(26)25-10-9-24(13-17(25)3)14-20-8-6-7-16(2)18(20)4/h6-8,11-12,17H,9-10,13-14H2,1-5H3/t17-/m1/s1. The van der Waals surface area contributed by atoms with Gasteiger partial charge in [0.25, 0.3) is 0 Å². The van der Waals surface area contributed by atoms with Gasteiger partial charge in [0.15, 0.2) is 5.75 Å². The molecule has 0 spiro atoms. The summed E-state index contributed by atoms with van der Waals surface area (Å²) in [6.07, 6.45) is 1.49. The van der Waals surface area contributed by atoms with Crippen LogP contribution < -0.4 is 4.74 Å². The molecule has 0 N–H and O–H groups in total. The summed E-state index contributed by atoms with van der Waals surface area (Å²) in [5.74, 6) is 0.546. The molecule has 1 amide bonds. The van der Waals surface area contributed by atoms with Crippen LogP contribution in [0.15, 0.2) is 30.5 Å². The number of hydrogen-bond donors (Lipinski definition) is 0. The van der Waals surface area contributed by atoms with Gasteiger partial charge in [-0.15, -0.1) is 0 Å². The molecular formula is C22H29N3O2. The minimum Gasteiger partial charge on any atom is -0.408 e. The van der Waals surface area contributed by atoms with Crippen molar-refractivity contribution in [2.24, 2.45) is 0 Å². The summed E-state index contributed by atoms with van der Waals surface area (Å²) in [5.41, 5.74) is 5.75. The summed E-state index contributed by atoms with van der Waals surface area (Å²) in [5, 5.41) is 0. The van der Waals surface area contributed by atoms with Crippen molar-refractivity contribution < 1.29 is 9.53 Å². The number of piperazine rings is 1. The lowest BCUT2D eigenvalue weighted by Crippen LogP contribution is -2.54. The quantitative estimate of drug-likeness (QED) is 0.822. The van der Waals surface area contributed by atoms with E-state index < -0.39 is 0 Å². The number of rotatable bonds is 3. The molecule has 1 atom stereocenters. The number of aromatic nitrogens is 1. The minimum absolute atomic E-state index is 0.106. The van der Waals surface area contributed by atoms with Crippen molar-refractivity contribution in [3.8, 4) is 5.75 Å². The van der Waals surface area contributed by atoms with Crippen molar-refractivity contribution in [3.05, 3.63) is 58.4 Å². The highest BCUT2D eigenvalue weighted by Crippen LogP contribution is 2.21. The molecule has 1 fully saturated rings. The van der Waals surface area contributed by atoms with Crippen LogP contribution in [0, 0.1) is 27.7 Å². The number of pyridine rings is 1. The molecule has 1 aliphatic heterocycles. The summed E-state index contributed by atoms with van der Waals surface area (Å²) < 4.78 is 5.63. The highest BCUT2D eigenvalue weighted by atomic mass is 16.6. The van der Waals surface area contributed by atoms with E-state index >= 15 is 0 Å². The van der Waals surface area contributed by atoms with E-state index in [0.29, 0.717) is 12.3 Å². The zero-order valence-electron chi connectivity index (χ0n) is 17.0. The molecule has 0 saturated carbocycles. The van der Waals surface area contributed by atoms with Gasteiger partial charge in [0.2, 0.25) is 0 Å². The van der Waals surface area contributed by atoms with Crippen molar-refractivity contribution >= 4 is 6.09 Å². The first-order valence-corrected chi connectivity index (χ1v) is 9.54. The smallest absolute Gasteiger partial charge is 0.408 e. The zero-order valence-corrected chi connectivity index (χ0v) is 17.0. The number of hydrogen-bond acceptors (Lipinski definition) is 4. The van der Waals surface area contributed by atoms with Crippen LogP contribution in [-0.4, -0.2) is 46.6 Å². The van der Waals surface area contributed by atoms with E-state index in [1.807, 2.05) is 24.8 Å². The van der Waals surface area contributed by atoms with Crippen LogP contribution in [0.3, 0.4) is 0 Å². The first-order valence-electron chi connectivity index (χ1n) is 9.54. The van der Waals surface area contributed by atoms with E-state index in [9.17, 15) is 4.79 Å². The predicted octanol–water partition coefficient (Wildman–Crippen LogP) is 4.02. The van der Waals surface area contributed by atoms with Crippen LogP contribution in [-0.2, 0) is 6.54 Å². The van der Waals surface area contributed by atoms with Crippen LogP contribution in [0.4, 0.5) is 4.79 Å². The Balaban J connectivity index is 1.62. The molecule has 1 saturated heterocycles. The lowest BCUT2D eigenvalue weighted by Gasteiger charge is -2.39. The fourth-order valence-corrected chi connectivity index (χ4v) is 3.54. The Morgan fingerprint density at radius 2 is 2.00 bits per heavy atom. The van der Waals surface area contributed by atoms with E-state index in [2.05, 4.69) is 48.9 Å². The van der Waals surface area contributed by atoms with Crippen LogP contribution in [0.2, 0.25) is 0 Å². The molecule has 5 nitrogen and oxygen atoms in total. The number of benzene rings is 1. The van der Waals surface area contributed by atoms with Gasteiger partial charge in [-0.3, -0.25) is 9.88 Å². The summed E-state index contributed by atoms with van der Waals surface area (Å²) in [6, 6.07) is 8.43. The Labute approximate surface area is 162 Å². The van der Waals surface area contributed by atoms with Gasteiger partial charge in [-0.25, -0.2) is 4.79 Å². The maximum Gasteiger partial charge on any atom is 0.415 e. The second-order valence-electron chi connectivity index (χ2n) is 7.60. The lowest BCUT2D eigenvalue weighted by molar-refractivity contribution is 0.0749. The molecular weight excluding hydrogens is 338 g/mol. The predicted molar refractivity (Wildman–Crippen MR) is 107 cm³/mol. The number of aryl methyl sites for hydroxylation is 3. The first-order chi connectivity index (χ1) is 12.8. The molecule has 3 rings (SSSR count). The molecule has 27 heavy (non-hydrogen) atoms. The summed E-state index contributed by atoms with van der Waals surface area (Å²) in [6.45, 7) is 13.5. The van der Waals surface area contributed by atoms with Gasteiger partial charge in [0, 0.05) is 38.4 Å². The number of carbonyl (C=O) groups excluding carboxylic acids is 1. The van der Waals surface area contributed by atoms with Crippen molar-refractivity contribution in [2.45, 2.75) is 47.2 Å².